The zero-order valence-electron chi connectivity index (χ0n) is 13.0. The Morgan fingerprint density at radius 2 is 1.73 bits per heavy atom. The van der Waals surface area contributed by atoms with Crippen molar-refractivity contribution >= 4 is 15.9 Å². The van der Waals surface area contributed by atoms with Crippen LogP contribution >= 0.6 is 0 Å². The Balaban J connectivity index is 1.98. The van der Waals surface area contributed by atoms with E-state index in [4.69, 9.17) is 4.74 Å². The fraction of sp³-hybridized carbons (Fsp3) is 0.533. The van der Waals surface area contributed by atoms with E-state index in [0.717, 1.165) is 5.56 Å². The lowest BCUT2D eigenvalue weighted by molar-refractivity contribution is -0.137. The van der Waals surface area contributed by atoms with Crippen molar-refractivity contribution in [3.05, 3.63) is 29.8 Å². The second-order valence-corrected chi connectivity index (χ2v) is 7.17. The highest BCUT2D eigenvalue weighted by Gasteiger charge is 2.29. The molecular weight excluding hydrogens is 304 g/mol. The average molecular weight is 326 g/mol. The minimum atomic E-state index is -3.48. The molecule has 0 N–H and O–H groups in total. The van der Waals surface area contributed by atoms with Crippen molar-refractivity contribution in [1.82, 2.24) is 9.21 Å². The molecule has 7 heteroatoms. The van der Waals surface area contributed by atoms with Gasteiger partial charge in [-0.25, -0.2) is 8.42 Å². The Hall–Kier alpha value is -1.44. The number of piperazine rings is 1. The monoisotopic (exact) mass is 326 g/mol. The maximum absolute atomic E-state index is 12.5. The summed E-state index contributed by atoms with van der Waals surface area (Å²) in [6.07, 6.45) is 0. The molecule has 0 spiro atoms. The van der Waals surface area contributed by atoms with Crippen LogP contribution in [0.15, 0.2) is 29.2 Å². The van der Waals surface area contributed by atoms with E-state index in [-0.39, 0.29) is 12.5 Å². The van der Waals surface area contributed by atoms with Crippen LogP contribution in [0.2, 0.25) is 0 Å². The number of carbonyl (C=O) groups excluding carboxylic acids is 1. The van der Waals surface area contributed by atoms with Crippen molar-refractivity contribution in [1.29, 1.82) is 0 Å². The Morgan fingerprint density at radius 3 is 2.27 bits per heavy atom. The summed E-state index contributed by atoms with van der Waals surface area (Å²) >= 11 is 0. The van der Waals surface area contributed by atoms with Gasteiger partial charge in [0.1, 0.15) is 6.61 Å². The summed E-state index contributed by atoms with van der Waals surface area (Å²) in [6.45, 7) is 5.73. The van der Waals surface area contributed by atoms with Gasteiger partial charge in [0.15, 0.2) is 0 Å². The predicted molar refractivity (Wildman–Crippen MR) is 83.0 cm³/mol. The molecule has 1 aromatic carbocycles. The molecule has 1 amide bonds. The van der Waals surface area contributed by atoms with E-state index < -0.39 is 10.0 Å². The van der Waals surface area contributed by atoms with Gasteiger partial charge in [-0.2, -0.15) is 4.31 Å². The molecule has 1 aliphatic heterocycles. The van der Waals surface area contributed by atoms with Crippen molar-refractivity contribution < 1.29 is 17.9 Å². The molecule has 0 aliphatic carbocycles. The summed E-state index contributed by atoms with van der Waals surface area (Å²) in [5.74, 6) is -0.0887. The Morgan fingerprint density at radius 1 is 1.14 bits per heavy atom. The van der Waals surface area contributed by atoms with E-state index in [9.17, 15) is 13.2 Å². The first-order valence-electron chi connectivity index (χ1n) is 7.37. The quantitative estimate of drug-likeness (QED) is 0.805. The van der Waals surface area contributed by atoms with Gasteiger partial charge in [-0.1, -0.05) is 17.7 Å². The summed E-state index contributed by atoms with van der Waals surface area (Å²) in [5, 5.41) is 0. The summed E-state index contributed by atoms with van der Waals surface area (Å²) in [7, 11) is -3.48. The average Bonchev–Trinajstić information content (AvgIpc) is 2.53. The van der Waals surface area contributed by atoms with E-state index in [2.05, 4.69) is 0 Å². The smallest absolute Gasteiger partial charge is 0.248 e. The van der Waals surface area contributed by atoms with Gasteiger partial charge >= 0.3 is 0 Å². The molecule has 0 aromatic heterocycles. The third-order valence-corrected chi connectivity index (χ3v) is 5.59. The van der Waals surface area contributed by atoms with E-state index in [1.165, 1.54) is 4.31 Å². The van der Waals surface area contributed by atoms with Crippen LogP contribution in [0.3, 0.4) is 0 Å². The van der Waals surface area contributed by atoms with E-state index in [0.29, 0.717) is 37.7 Å². The molecule has 22 heavy (non-hydrogen) atoms. The molecule has 0 radical (unpaired) electrons. The lowest BCUT2D eigenvalue weighted by Crippen LogP contribution is -2.51. The van der Waals surface area contributed by atoms with E-state index in [1.54, 1.807) is 29.2 Å². The van der Waals surface area contributed by atoms with Gasteiger partial charge in [0.2, 0.25) is 15.9 Å². The summed E-state index contributed by atoms with van der Waals surface area (Å²) in [6, 6.07) is 6.82. The zero-order chi connectivity index (χ0) is 16.2. The van der Waals surface area contributed by atoms with Crippen LogP contribution in [0.5, 0.6) is 0 Å². The first kappa shape index (κ1) is 16.9. The van der Waals surface area contributed by atoms with Gasteiger partial charge in [0.25, 0.3) is 0 Å². The summed E-state index contributed by atoms with van der Waals surface area (Å²) in [5.41, 5.74) is 1.02. The number of hydrogen-bond acceptors (Lipinski definition) is 4. The lowest BCUT2D eigenvalue weighted by Gasteiger charge is -2.34. The van der Waals surface area contributed by atoms with Crippen LogP contribution < -0.4 is 0 Å². The molecule has 1 aliphatic rings. The van der Waals surface area contributed by atoms with Gasteiger partial charge in [-0.15, -0.1) is 0 Å². The highest BCUT2D eigenvalue weighted by molar-refractivity contribution is 7.89. The molecule has 2 rings (SSSR count). The van der Waals surface area contributed by atoms with Gasteiger partial charge in [0, 0.05) is 32.8 Å². The van der Waals surface area contributed by atoms with Crippen LogP contribution in [0.25, 0.3) is 0 Å². The minimum Gasteiger partial charge on any atom is -0.372 e. The Kier molecular flexibility index (Phi) is 5.55. The second kappa shape index (κ2) is 7.21. The number of benzene rings is 1. The normalized spacial score (nSPS) is 16.7. The van der Waals surface area contributed by atoms with Crippen molar-refractivity contribution in [3.63, 3.8) is 0 Å². The molecule has 1 fully saturated rings. The van der Waals surface area contributed by atoms with Crippen LogP contribution in [0.4, 0.5) is 0 Å². The van der Waals surface area contributed by atoms with Crippen molar-refractivity contribution in [2.24, 2.45) is 0 Å². The third-order valence-electron chi connectivity index (χ3n) is 3.68. The van der Waals surface area contributed by atoms with Crippen LogP contribution in [-0.4, -0.2) is 62.9 Å². The standard InChI is InChI=1S/C15H22N2O4S/c1-3-21-12-15(18)16-8-10-17(11-9-16)22(19,20)14-6-4-13(2)5-7-14/h4-7H,3,8-12H2,1-2H3. The number of aryl methyl sites for hydroxylation is 1. The first-order chi connectivity index (χ1) is 10.4. The Bertz CT molecular complexity index is 605. The number of amides is 1. The molecule has 6 nitrogen and oxygen atoms in total. The van der Waals surface area contributed by atoms with Crippen molar-refractivity contribution in [2.75, 3.05) is 39.4 Å². The first-order valence-corrected chi connectivity index (χ1v) is 8.81. The highest BCUT2D eigenvalue weighted by atomic mass is 32.2. The maximum atomic E-state index is 12.5. The number of hydrogen-bond donors (Lipinski definition) is 0. The van der Waals surface area contributed by atoms with Crippen molar-refractivity contribution in [2.45, 2.75) is 18.7 Å². The number of sulfonamides is 1. The predicted octanol–water partition coefficient (Wildman–Crippen LogP) is 0.864. The molecule has 1 aromatic rings. The van der Waals surface area contributed by atoms with Crippen LogP contribution in [0, 0.1) is 6.92 Å². The summed E-state index contributed by atoms with van der Waals surface area (Å²) < 4.78 is 31.6. The Labute approximate surface area is 131 Å². The SMILES string of the molecule is CCOCC(=O)N1CCN(S(=O)(=O)c2ccc(C)cc2)CC1. The van der Waals surface area contributed by atoms with Crippen molar-refractivity contribution in [3.8, 4) is 0 Å². The number of nitrogens with zero attached hydrogens (tertiary/aromatic N) is 2. The molecule has 0 saturated carbocycles. The summed E-state index contributed by atoms with van der Waals surface area (Å²) in [4.78, 5) is 13.8. The largest absolute Gasteiger partial charge is 0.372 e. The van der Waals surface area contributed by atoms with Gasteiger partial charge < -0.3 is 9.64 Å². The molecular formula is C15H22N2O4S. The minimum absolute atomic E-state index is 0.0568. The van der Waals surface area contributed by atoms with E-state index >= 15 is 0 Å². The fourth-order valence-electron chi connectivity index (χ4n) is 2.32. The number of ether oxygens (including phenoxy) is 1. The zero-order valence-corrected chi connectivity index (χ0v) is 13.8. The molecule has 122 valence electrons. The van der Waals surface area contributed by atoms with Gasteiger partial charge in [-0.05, 0) is 26.0 Å². The van der Waals surface area contributed by atoms with Gasteiger partial charge in [-0.3, -0.25) is 4.79 Å². The second-order valence-electron chi connectivity index (χ2n) is 5.24. The third kappa shape index (κ3) is 3.85. The molecule has 0 unspecified atom stereocenters. The lowest BCUT2D eigenvalue weighted by atomic mass is 10.2. The van der Waals surface area contributed by atoms with Crippen LogP contribution in [0.1, 0.15) is 12.5 Å². The topological polar surface area (TPSA) is 66.9 Å². The molecule has 1 heterocycles. The molecule has 0 bridgehead atoms. The maximum Gasteiger partial charge on any atom is 0.248 e. The van der Waals surface area contributed by atoms with Gasteiger partial charge in [0.05, 0.1) is 4.90 Å². The molecule has 1 saturated heterocycles. The van der Waals surface area contributed by atoms with E-state index in [1.807, 2.05) is 13.8 Å². The number of carbonyl (C=O) groups is 1. The molecule has 0 atom stereocenters. The van der Waals surface area contributed by atoms with Crippen LogP contribution in [-0.2, 0) is 19.6 Å². The number of rotatable bonds is 5. The fourth-order valence-corrected chi connectivity index (χ4v) is 3.74. The highest BCUT2D eigenvalue weighted by Crippen LogP contribution is 2.18.